The minimum absolute atomic E-state index is 0.247. The average molecular weight is 363 g/mol. The van der Waals surface area contributed by atoms with Crippen LogP contribution < -0.4 is 4.74 Å². The van der Waals surface area contributed by atoms with E-state index in [0.29, 0.717) is 17.9 Å². The zero-order valence-corrected chi connectivity index (χ0v) is 15.0. The van der Waals surface area contributed by atoms with Gasteiger partial charge in [0.05, 0.1) is 21.4 Å². The third-order valence-corrected chi connectivity index (χ3v) is 5.72. The van der Waals surface area contributed by atoms with Crippen molar-refractivity contribution < 1.29 is 13.2 Å². The Balaban J connectivity index is 1.74. The molecule has 0 aliphatic rings. The van der Waals surface area contributed by atoms with E-state index in [1.807, 2.05) is 6.92 Å². The molecule has 0 aliphatic heterocycles. The molecule has 130 valence electrons. The summed E-state index contributed by atoms with van der Waals surface area (Å²) in [5, 5.41) is 8.90. The van der Waals surface area contributed by atoms with Crippen molar-refractivity contribution in [3.05, 3.63) is 89.5 Å². The fourth-order valence-corrected chi connectivity index (χ4v) is 3.70. The zero-order chi connectivity index (χ0) is 18.6. The van der Waals surface area contributed by atoms with Gasteiger partial charge in [0.2, 0.25) is 9.84 Å². The van der Waals surface area contributed by atoms with E-state index in [9.17, 15) is 8.42 Å². The Bertz CT molecular complexity index is 1050. The van der Waals surface area contributed by atoms with Gasteiger partial charge in [-0.1, -0.05) is 35.9 Å². The van der Waals surface area contributed by atoms with Gasteiger partial charge in [0.15, 0.2) is 0 Å². The molecule has 0 saturated carbocycles. The van der Waals surface area contributed by atoms with Gasteiger partial charge >= 0.3 is 0 Å². The van der Waals surface area contributed by atoms with Gasteiger partial charge in [0.25, 0.3) is 0 Å². The molecule has 5 heteroatoms. The largest absolute Gasteiger partial charge is 0.489 e. The molecule has 0 amide bonds. The first-order valence-electron chi connectivity index (χ1n) is 8.03. The van der Waals surface area contributed by atoms with E-state index in [4.69, 9.17) is 10.00 Å². The van der Waals surface area contributed by atoms with Crippen LogP contribution in [0.5, 0.6) is 5.75 Å². The number of sulfone groups is 1. The second-order valence-electron chi connectivity index (χ2n) is 5.89. The van der Waals surface area contributed by atoms with Gasteiger partial charge in [0, 0.05) is 0 Å². The number of rotatable bonds is 5. The molecular weight excluding hydrogens is 346 g/mol. The Morgan fingerprint density at radius 3 is 2.15 bits per heavy atom. The first-order chi connectivity index (χ1) is 12.5. The molecule has 3 aromatic carbocycles. The molecule has 0 fully saturated rings. The fraction of sp³-hybridized carbons (Fsp3) is 0.0952. The van der Waals surface area contributed by atoms with Crippen molar-refractivity contribution >= 4 is 9.84 Å². The van der Waals surface area contributed by atoms with Gasteiger partial charge < -0.3 is 4.74 Å². The second-order valence-corrected chi connectivity index (χ2v) is 7.84. The van der Waals surface area contributed by atoms with E-state index in [1.54, 1.807) is 72.8 Å². The van der Waals surface area contributed by atoms with E-state index in [1.165, 1.54) is 0 Å². The molecule has 3 rings (SSSR count). The molecule has 0 heterocycles. The first kappa shape index (κ1) is 17.7. The summed E-state index contributed by atoms with van der Waals surface area (Å²) in [4.78, 5) is 0.525. The van der Waals surface area contributed by atoms with Crippen LogP contribution in [-0.2, 0) is 16.4 Å². The highest BCUT2D eigenvalue weighted by atomic mass is 32.2. The molecule has 0 atom stereocenters. The number of benzene rings is 3. The van der Waals surface area contributed by atoms with Crippen LogP contribution in [0.15, 0.2) is 82.6 Å². The molecule has 4 nitrogen and oxygen atoms in total. The van der Waals surface area contributed by atoms with Crippen molar-refractivity contribution in [3.63, 3.8) is 0 Å². The number of ether oxygens (including phenoxy) is 1. The summed E-state index contributed by atoms with van der Waals surface area (Å²) in [5.74, 6) is 0.598. The van der Waals surface area contributed by atoms with Crippen LogP contribution in [0.4, 0.5) is 0 Å². The molecule has 0 N–H and O–H groups in total. The van der Waals surface area contributed by atoms with Crippen molar-refractivity contribution in [2.75, 3.05) is 0 Å². The van der Waals surface area contributed by atoms with Gasteiger partial charge in [-0.25, -0.2) is 8.42 Å². The highest BCUT2D eigenvalue weighted by molar-refractivity contribution is 7.91. The normalized spacial score (nSPS) is 10.9. The summed E-state index contributed by atoms with van der Waals surface area (Å²) in [5.41, 5.74) is 2.38. The Morgan fingerprint density at radius 1 is 0.923 bits per heavy atom. The van der Waals surface area contributed by atoms with E-state index < -0.39 is 9.84 Å². The lowest BCUT2D eigenvalue weighted by atomic mass is 10.2. The molecule has 0 saturated heterocycles. The van der Waals surface area contributed by atoms with Crippen molar-refractivity contribution in [1.82, 2.24) is 0 Å². The number of hydrogen-bond acceptors (Lipinski definition) is 4. The number of aryl methyl sites for hydroxylation is 1. The molecule has 0 bridgehead atoms. The lowest BCUT2D eigenvalue weighted by Gasteiger charge is -2.08. The quantitative estimate of drug-likeness (QED) is 0.679. The molecule has 26 heavy (non-hydrogen) atoms. The molecule has 3 aromatic rings. The van der Waals surface area contributed by atoms with Gasteiger partial charge in [-0.2, -0.15) is 5.26 Å². The molecular formula is C21H17NO3S. The van der Waals surface area contributed by atoms with Crippen molar-refractivity contribution in [3.8, 4) is 11.8 Å². The topological polar surface area (TPSA) is 67.2 Å². The predicted octanol–water partition coefficient (Wildman–Crippen LogP) is 4.28. The zero-order valence-electron chi connectivity index (χ0n) is 14.2. The Kier molecular flexibility index (Phi) is 5.06. The Morgan fingerprint density at radius 2 is 1.54 bits per heavy atom. The maximum atomic E-state index is 12.6. The summed E-state index contributed by atoms with van der Waals surface area (Å²) in [6, 6.07) is 22.4. The van der Waals surface area contributed by atoms with Crippen LogP contribution in [0, 0.1) is 18.3 Å². The minimum atomic E-state index is -3.53. The van der Waals surface area contributed by atoms with Crippen LogP contribution >= 0.6 is 0 Å². The van der Waals surface area contributed by atoms with Crippen LogP contribution in [0.3, 0.4) is 0 Å². The summed E-state index contributed by atoms with van der Waals surface area (Å²) in [6.07, 6.45) is 0. The minimum Gasteiger partial charge on any atom is -0.489 e. The first-order valence-corrected chi connectivity index (χ1v) is 9.51. The van der Waals surface area contributed by atoms with E-state index >= 15 is 0 Å². The van der Waals surface area contributed by atoms with E-state index in [-0.39, 0.29) is 9.79 Å². The third kappa shape index (κ3) is 3.93. The Hall–Kier alpha value is -3.10. The SMILES string of the molecule is Cc1ccc(S(=O)(=O)c2ccc(COc3cccc(C#N)c3)cc2)cc1. The van der Waals surface area contributed by atoms with Gasteiger partial charge in [-0.3, -0.25) is 0 Å². The highest BCUT2D eigenvalue weighted by Crippen LogP contribution is 2.22. The molecule has 0 unspecified atom stereocenters. The average Bonchev–Trinajstić information content (AvgIpc) is 2.67. The second kappa shape index (κ2) is 7.42. The van der Waals surface area contributed by atoms with E-state index in [2.05, 4.69) is 6.07 Å². The molecule has 0 spiro atoms. The third-order valence-electron chi connectivity index (χ3n) is 3.93. The van der Waals surface area contributed by atoms with Crippen molar-refractivity contribution in [1.29, 1.82) is 5.26 Å². The lowest BCUT2D eigenvalue weighted by Crippen LogP contribution is -2.03. The summed E-state index contributed by atoms with van der Waals surface area (Å²) in [6.45, 7) is 2.21. The fourth-order valence-electron chi connectivity index (χ4n) is 2.44. The standard InChI is InChI=1S/C21H17NO3S/c1-16-5-9-20(10-6-16)26(23,24)21-11-7-17(8-12-21)15-25-19-4-2-3-18(13-19)14-22/h2-13H,15H2,1H3. The van der Waals surface area contributed by atoms with Gasteiger partial charge in [0.1, 0.15) is 12.4 Å². The van der Waals surface area contributed by atoms with Gasteiger partial charge in [-0.05, 0) is 55.0 Å². The summed E-state index contributed by atoms with van der Waals surface area (Å²) in [7, 11) is -3.53. The van der Waals surface area contributed by atoms with Gasteiger partial charge in [-0.15, -0.1) is 0 Å². The highest BCUT2D eigenvalue weighted by Gasteiger charge is 2.17. The number of nitrogens with zero attached hydrogens (tertiary/aromatic N) is 1. The monoisotopic (exact) mass is 363 g/mol. The molecule has 0 aromatic heterocycles. The maximum absolute atomic E-state index is 12.6. The van der Waals surface area contributed by atoms with Crippen LogP contribution in [-0.4, -0.2) is 8.42 Å². The van der Waals surface area contributed by atoms with Crippen LogP contribution in [0.1, 0.15) is 16.7 Å². The summed E-state index contributed by atoms with van der Waals surface area (Å²) >= 11 is 0. The molecule has 0 radical (unpaired) electrons. The lowest BCUT2D eigenvalue weighted by molar-refractivity contribution is 0.306. The molecule has 0 aliphatic carbocycles. The number of nitriles is 1. The van der Waals surface area contributed by atoms with Crippen molar-refractivity contribution in [2.45, 2.75) is 23.3 Å². The van der Waals surface area contributed by atoms with E-state index in [0.717, 1.165) is 11.1 Å². The Labute approximate surface area is 153 Å². The van der Waals surface area contributed by atoms with Crippen LogP contribution in [0.2, 0.25) is 0 Å². The smallest absolute Gasteiger partial charge is 0.206 e. The predicted molar refractivity (Wildman–Crippen MR) is 98.6 cm³/mol. The van der Waals surface area contributed by atoms with Crippen molar-refractivity contribution in [2.24, 2.45) is 0 Å². The van der Waals surface area contributed by atoms with Crippen LogP contribution in [0.25, 0.3) is 0 Å². The summed E-state index contributed by atoms with van der Waals surface area (Å²) < 4.78 is 30.9. The number of hydrogen-bond donors (Lipinski definition) is 0. The maximum Gasteiger partial charge on any atom is 0.206 e.